The van der Waals surface area contributed by atoms with Crippen LogP contribution in [0.5, 0.6) is 5.75 Å². The Kier molecular flexibility index (Phi) is 7.21. The molecule has 0 radical (unpaired) electrons. The molecule has 0 saturated heterocycles. The van der Waals surface area contributed by atoms with E-state index in [1.807, 2.05) is 45.0 Å². The summed E-state index contributed by atoms with van der Waals surface area (Å²) < 4.78 is 5.88. The van der Waals surface area contributed by atoms with Gasteiger partial charge in [-0.15, -0.1) is 0 Å². The van der Waals surface area contributed by atoms with Gasteiger partial charge in [-0.3, -0.25) is 9.59 Å². The lowest BCUT2D eigenvalue weighted by Gasteiger charge is -2.19. The topological polar surface area (TPSA) is 67.4 Å². The van der Waals surface area contributed by atoms with Crippen molar-refractivity contribution in [3.05, 3.63) is 59.7 Å². The summed E-state index contributed by atoms with van der Waals surface area (Å²) in [5, 5.41) is 5.67. The minimum Gasteiger partial charge on any atom is -0.480 e. The molecular weight excluding hydrogens is 328 g/mol. The van der Waals surface area contributed by atoms with Gasteiger partial charge >= 0.3 is 0 Å². The molecule has 0 unspecified atom stereocenters. The van der Waals surface area contributed by atoms with Crippen molar-refractivity contribution in [3.8, 4) is 5.75 Å². The van der Waals surface area contributed by atoms with Crippen molar-refractivity contribution in [2.75, 3.05) is 11.9 Å². The van der Waals surface area contributed by atoms with Crippen molar-refractivity contribution in [2.24, 2.45) is 0 Å². The molecule has 0 aliphatic heterocycles. The van der Waals surface area contributed by atoms with Crippen molar-refractivity contribution in [2.45, 2.75) is 39.7 Å². The number of benzene rings is 2. The summed E-state index contributed by atoms with van der Waals surface area (Å²) >= 11 is 0. The van der Waals surface area contributed by atoms with E-state index in [0.717, 1.165) is 12.0 Å². The van der Waals surface area contributed by atoms with Crippen LogP contribution >= 0.6 is 0 Å². The second-order valence-electron chi connectivity index (χ2n) is 6.07. The van der Waals surface area contributed by atoms with Crippen molar-refractivity contribution in [1.82, 2.24) is 5.32 Å². The maximum atomic E-state index is 12.7. The van der Waals surface area contributed by atoms with Crippen LogP contribution in [-0.4, -0.2) is 24.5 Å². The first-order valence-electron chi connectivity index (χ1n) is 8.97. The number of rotatable bonds is 8. The third-order valence-corrected chi connectivity index (χ3v) is 3.99. The predicted molar refractivity (Wildman–Crippen MR) is 104 cm³/mol. The van der Waals surface area contributed by atoms with Gasteiger partial charge in [0.05, 0.1) is 11.3 Å². The SMILES string of the molecule is CCCNC(=O)c1ccccc1NC(=O)[C@@H](CC)Oc1ccccc1C. The molecule has 2 aromatic rings. The van der Waals surface area contributed by atoms with Gasteiger partial charge in [0, 0.05) is 6.54 Å². The van der Waals surface area contributed by atoms with Crippen LogP contribution in [0.4, 0.5) is 5.69 Å². The predicted octanol–water partition coefficient (Wildman–Crippen LogP) is 3.93. The molecule has 0 fully saturated rings. The molecule has 0 aliphatic rings. The van der Waals surface area contributed by atoms with Gasteiger partial charge in [0.2, 0.25) is 0 Å². The molecule has 0 aliphatic carbocycles. The van der Waals surface area contributed by atoms with Gasteiger partial charge < -0.3 is 15.4 Å². The Morgan fingerprint density at radius 1 is 1.04 bits per heavy atom. The highest BCUT2D eigenvalue weighted by molar-refractivity contribution is 6.04. The number of aryl methyl sites for hydroxylation is 1. The molecule has 2 aromatic carbocycles. The van der Waals surface area contributed by atoms with Gasteiger partial charge in [-0.2, -0.15) is 0 Å². The molecule has 5 heteroatoms. The summed E-state index contributed by atoms with van der Waals surface area (Å²) in [6.07, 6.45) is 0.732. The van der Waals surface area contributed by atoms with E-state index in [2.05, 4.69) is 10.6 Å². The lowest BCUT2D eigenvalue weighted by molar-refractivity contribution is -0.122. The van der Waals surface area contributed by atoms with Crippen LogP contribution in [0.15, 0.2) is 48.5 Å². The monoisotopic (exact) mass is 354 g/mol. The van der Waals surface area contributed by atoms with Gasteiger partial charge in [0.25, 0.3) is 11.8 Å². The van der Waals surface area contributed by atoms with Crippen LogP contribution in [0, 0.1) is 6.92 Å². The van der Waals surface area contributed by atoms with E-state index in [9.17, 15) is 9.59 Å². The summed E-state index contributed by atoms with van der Waals surface area (Å²) in [5.74, 6) is 0.214. The zero-order valence-corrected chi connectivity index (χ0v) is 15.5. The number of amides is 2. The van der Waals surface area contributed by atoms with Crippen molar-refractivity contribution in [3.63, 3.8) is 0 Å². The Balaban J connectivity index is 2.13. The number of carbonyl (C=O) groups excluding carboxylic acids is 2. The number of para-hydroxylation sites is 2. The molecule has 0 heterocycles. The number of hydrogen-bond acceptors (Lipinski definition) is 3. The van der Waals surface area contributed by atoms with Crippen LogP contribution in [0.25, 0.3) is 0 Å². The van der Waals surface area contributed by atoms with Crippen molar-refractivity contribution < 1.29 is 14.3 Å². The zero-order chi connectivity index (χ0) is 18.9. The average molecular weight is 354 g/mol. The minimum atomic E-state index is -0.636. The third kappa shape index (κ3) is 5.09. The standard InChI is InChI=1S/C21H26N2O3/c1-4-14-22-20(24)16-11-7-8-12-17(16)23-21(25)18(5-2)26-19-13-9-6-10-15(19)3/h6-13,18H,4-5,14H2,1-3H3,(H,22,24)(H,23,25)/t18-/m1/s1. The molecule has 1 atom stereocenters. The third-order valence-electron chi connectivity index (χ3n) is 3.99. The Morgan fingerprint density at radius 3 is 2.42 bits per heavy atom. The lowest BCUT2D eigenvalue weighted by Crippen LogP contribution is -2.33. The normalized spacial score (nSPS) is 11.5. The van der Waals surface area contributed by atoms with Gasteiger partial charge in [-0.1, -0.05) is 44.2 Å². The van der Waals surface area contributed by atoms with E-state index in [1.165, 1.54) is 0 Å². The van der Waals surface area contributed by atoms with E-state index >= 15 is 0 Å². The highest BCUT2D eigenvalue weighted by Gasteiger charge is 2.21. The minimum absolute atomic E-state index is 0.198. The van der Waals surface area contributed by atoms with Crippen LogP contribution < -0.4 is 15.4 Å². The Hall–Kier alpha value is -2.82. The second-order valence-corrected chi connectivity index (χ2v) is 6.07. The van der Waals surface area contributed by atoms with Gasteiger partial charge in [0.15, 0.2) is 6.10 Å². The second kappa shape index (κ2) is 9.61. The quantitative estimate of drug-likeness (QED) is 0.755. The van der Waals surface area contributed by atoms with Crippen LogP contribution in [0.3, 0.4) is 0 Å². The van der Waals surface area contributed by atoms with Crippen LogP contribution in [0.2, 0.25) is 0 Å². The summed E-state index contributed by atoms with van der Waals surface area (Å²) in [6.45, 7) is 6.41. The molecule has 5 nitrogen and oxygen atoms in total. The number of anilines is 1. The summed E-state index contributed by atoms with van der Waals surface area (Å²) in [6, 6.07) is 14.6. The first-order valence-corrected chi connectivity index (χ1v) is 8.97. The van der Waals surface area contributed by atoms with E-state index in [4.69, 9.17) is 4.74 Å². The first-order chi connectivity index (χ1) is 12.6. The van der Waals surface area contributed by atoms with Crippen LogP contribution in [0.1, 0.15) is 42.6 Å². The van der Waals surface area contributed by atoms with Gasteiger partial charge in [0.1, 0.15) is 5.75 Å². The Morgan fingerprint density at radius 2 is 1.73 bits per heavy atom. The Bertz CT molecular complexity index is 758. The summed E-state index contributed by atoms with van der Waals surface area (Å²) in [5.41, 5.74) is 1.90. The fourth-order valence-corrected chi connectivity index (χ4v) is 2.50. The molecule has 0 bridgehead atoms. The fraction of sp³-hybridized carbons (Fsp3) is 0.333. The van der Waals surface area contributed by atoms with E-state index in [-0.39, 0.29) is 11.8 Å². The molecule has 0 aromatic heterocycles. The first kappa shape index (κ1) is 19.5. The molecule has 2 rings (SSSR count). The molecule has 26 heavy (non-hydrogen) atoms. The number of hydrogen-bond donors (Lipinski definition) is 2. The summed E-state index contributed by atoms with van der Waals surface area (Å²) in [7, 11) is 0. The molecule has 2 amide bonds. The number of nitrogens with one attached hydrogen (secondary N) is 2. The zero-order valence-electron chi connectivity index (χ0n) is 15.5. The highest BCUT2D eigenvalue weighted by atomic mass is 16.5. The highest BCUT2D eigenvalue weighted by Crippen LogP contribution is 2.20. The summed E-state index contributed by atoms with van der Waals surface area (Å²) in [4.78, 5) is 25.0. The molecule has 138 valence electrons. The van der Waals surface area contributed by atoms with Gasteiger partial charge in [-0.25, -0.2) is 0 Å². The molecular formula is C21H26N2O3. The van der Waals surface area contributed by atoms with Crippen molar-refractivity contribution in [1.29, 1.82) is 0 Å². The molecule has 0 saturated carbocycles. The largest absolute Gasteiger partial charge is 0.480 e. The maximum Gasteiger partial charge on any atom is 0.265 e. The number of ether oxygens (including phenoxy) is 1. The Labute approximate surface area is 154 Å². The average Bonchev–Trinajstić information content (AvgIpc) is 2.65. The van der Waals surface area contributed by atoms with Gasteiger partial charge in [-0.05, 0) is 43.5 Å². The molecule has 2 N–H and O–H groups in total. The van der Waals surface area contributed by atoms with E-state index in [1.54, 1.807) is 24.3 Å². The fourth-order valence-electron chi connectivity index (χ4n) is 2.50. The maximum absolute atomic E-state index is 12.7. The number of carbonyl (C=O) groups is 2. The lowest BCUT2D eigenvalue weighted by atomic mass is 10.1. The van der Waals surface area contributed by atoms with E-state index < -0.39 is 6.10 Å². The van der Waals surface area contributed by atoms with Crippen LogP contribution in [-0.2, 0) is 4.79 Å². The van der Waals surface area contributed by atoms with E-state index in [0.29, 0.717) is 30.0 Å². The molecule has 0 spiro atoms. The smallest absolute Gasteiger partial charge is 0.265 e. The van der Waals surface area contributed by atoms with Crippen molar-refractivity contribution >= 4 is 17.5 Å².